The van der Waals surface area contributed by atoms with E-state index in [1.165, 1.54) is 7.11 Å². The van der Waals surface area contributed by atoms with Gasteiger partial charge in [0.05, 0.1) is 18.8 Å². The fourth-order valence-corrected chi connectivity index (χ4v) is 4.08. The zero-order valence-electron chi connectivity index (χ0n) is 16.1. The van der Waals surface area contributed by atoms with Crippen LogP contribution < -0.4 is 10.5 Å². The number of hydrogen-bond acceptors (Lipinski definition) is 7. The monoisotopic (exact) mass is 458 g/mol. The van der Waals surface area contributed by atoms with Crippen molar-refractivity contribution in [3.8, 4) is 5.75 Å². The van der Waals surface area contributed by atoms with E-state index >= 15 is 0 Å². The van der Waals surface area contributed by atoms with Gasteiger partial charge in [0.15, 0.2) is 0 Å². The average molecular weight is 459 g/mol. The molecule has 2 aromatic rings. The summed E-state index contributed by atoms with van der Waals surface area (Å²) in [6, 6.07) is 5.28. The van der Waals surface area contributed by atoms with Crippen LogP contribution in [0, 0.1) is 0 Å². The van der Waals surface area contributed by atoms with E-state index in [1.54, 1.807) is 20.2 Å². The van der Waals surface area contributed by atoms with E-state index in [-0.39, 0.29) is 6.10 Å². The second-order valence-electron chi connectivity index (χ2n) is 7.17. The van der Waals surface area contributed by atoms with Gasteiger partial charge in [0.2, 0.25) is 5.79 Å². The molecule has 6 unspecified atom stereocenters. The Morgan fingerprint density at radius 2 is 2.18 bits per heavy atom. The van der Waals surface area contributed by atoms with E-state index in [2.05, 4.69) is 20.9 Å². The third-order valence-corrected chi connectivity index (χ3v) is 5.66. The SMILES string of the molecule is COC1CC(C)(Oc2c[nH]c3ccc(Br)cc23)OC(C(OC)C(O)CO)C1N. The molecule has 9 heteroatoms. The number of H-pyrrole nitrogens is 1. The van der Waals surface area contributed by atoms with Crippen molar-refractivity contribution in [2.24, 2.45) is 5.73 Å². The third kappa shape index (κ3) is 4.20. The number of ether oxygens (including phenoxy) is 4. The molecule has 5 N–H and O–H groups in total. The zero-order valence-corrected chi connectivity index (χ0v) is 17.7. The fraction of sp³-hybridized carbons (Fsp3) is 0.579. The van der Waals surface area contributed by atoms with Gasteiger partial charge in [0.1, 0.15) is 24.1 Å². The molecule has 1 fully saturated rings. The Hall–Kier alpha value is -1.20. The summed E-state index contributed by atoms with van der Waals surface area (Å²) in [5.74, 6) is -0.454. The number of aromatic amines is 1. The number of rotatable bonds is 7. The van der Waals surface area contributed by atoms with Crippen LogP contribution in [-0.4, -0.2) is 72.3 Å². The number of nitrogens with one attached hydrogen (secondary N) is 1. The maximum Gasteiger partial charge on any atom is 0.210 e. The number of aromatic nitrogens is 1. The molecule has 1 aliphatic heterocycles. The van der Waals surface area contributed by atoms with E-state index in [0.717, 1.165) is 15.4 Å². The predicted molar refractivity (Wildman–Crippen MR) is 107 cm³/mol. The van der Waals surface area contributed by atoms with Crippen LogP contribution in [0.15, 0.2) is 28.9 Å². The highest BCUT2D eigenvalue weighted by Crippen LogP contribution is 2.37. The van der Waals surface area contributed by atoms with E-state index in [0.29, 0.717) is 12.2 Å². The van der Waals surface area contributed by atoms with Gasteiger partial charge in [-0.05, 0) is 18.2 Å². The van der Waals surface area contributed by atoms with Crippen LogP contribution in [0.5, 0.6) is 5.75 Å². The van der Waals surface area contributed by atoms with E-state index in [1.807, 2.05) is 18.2 Å². The highest BCUT2D eigenvalue weighted by molar-refractivity contribution is 9.10. The molecule has 28 heavy (non-hydrogen) atoms. The fourth-order valence-electron chi connectivity index (χ4n) is 3.72. The highest BCUT2D eigenvalue weighted by atomic mass is 79.9. The number of hydrogen-bond donors (Lipinski definition) is 4. The average Bonchev–Trinajstić information content (AvgIpc) is 3.06. The molecule has 0 aliphatic carbocycles. The number of halogens is 1. The van der Waals surface area contributed by atoms with Gasteiger partial charge in [-0.25, -0.2) is 0 Å². The Morgan fingerprint density at radius 1 is 1.43 bits per heavy atom. The third-order valence-electron chi connectivity index (χ3n) is 5.16. The lowest BCUT2D eigenvalue weighted by Crippen LogP contribution is -2.65. The molecule has 0 radical (unpaired) electrons. The van der Waals surface area contributed by atoms with E-state index in [9.17, 15) is 10.2 Å². The summed E-state index contributed by atoms with van der Waals surface area (Å²) in [4.78, 5) is 3.17. The summed E-state index contributed by atoms with van der Waals surface area (Å²) in [6.07, 6.45) is -0.957. The van der Waals surface area contributed by atoms with Gasteiger partial charge in [0.25, 0.3) is 0 Å². The minimum Gasteiger partial charge on any atom is -0.460 e. The number of aliphatic hydroxyl groups is 2. The highest BCUT2D eigenvalue weighted by Gasteiger charge is 2.49. The van der Waals surface area contributed by atoms with Gasteiger partial charge in [0, 0.05) is 49.1 Å². The van der Waals surface area contributed by atoms with E-state index < -0.39 is 36.7 Å². The van der Waals surface area contributed by atoms with Crippen LogP contribution in [0.2, 0.25) is 0 Å². The molecule has 1 aliphatic rings. The Bertz CT molecular complexity index is 802. The van der Waals surface area contributed by atoms with Crippen molar-refractivity contribution < 1.29 is 29.2 Å². The van der Waals surface area contributed by atoms with Gasteiger partial charge in [-0.2, -0.15) is 0 Å². The van der Waals surface area contributed by atoms with Crippen LogP contribution >= 0.6 is 15.9 Å². The van der Waals surface area contributed by atoms with Gasteiger partial charge in [-0.1, -0.05) is 15.9 Å². The molecule has 0 amide bonds. The first-order chi connectivity index (χ1) is 13.3. The second kappa shape index (κ2) is 8.66. The molecule has 156 valence electrons. The molecular weight excluding hydrogens is 432 g/mol. The van der Waals surface area contributed by atoms with Crippen molar-refractivity contribution in [2.75, 3.05) is 20.8 Å². The molecule has 0 spiro atoms. The molecule has 2 heterocycles. The number of fused-ring (bicyclic) bond motifs is 1. The lowest BCUT2D eigenvalue weighted by atomic mass is 9.89. The Labute approximate surface area is 172 Å². The molecule has 0 bridgehead atoms. The summed E-state index contributed by atoms with van der Waals surface area (Å²) in [5, 5.41) is 20.4. The van der Waals surface area contributed by atoms with Crippen molar-refractivity contribution in [2.45, 2.75) is 49.6 Å². The minimum absolute atomic E-state index is 0.382. The Balaban J connectivity index is 1.91. The van der Waals surface area contributed by atoms with Crippen molar-refractivity contribution in [1.29, 1.82) is 0 Å². The van der Waals surface area contributed by atoms with Crippen LogP contribution in [0.1, 0.15) is 13.3 Å². The number of aliphatic hydroxyl groups excluding tert-OH is 2. The predicted octanol–water partition coefficient (Wildman–Crippen LogP) is 1.52. The smallest absolute Gasteiger partial charge is 0.210 e. The number of benzene rings is 1. The molecule has 1 aromatic heterocycles. The molecule has 6 atom stereocenters. The summed E-state index contributed by atoms with van der Waals surface area (Å²) in [7, 11) is 3.01. The van der Waals surface area contributed by atoms with Crippen molar-refractivity contribution in [3.63, 3.8) is 0 Å². The first kappa shape index (κ1) is 21.5. The minimum atomic E-state index is -1.15. The second-order valence-corrected chi connectivity index (χ2v) is 8.08. The quantitative estimate of drug-likeness (QED) is 0.496. The number of nitrogens with two attached hydrogens (primary N) is 1. The topological polar surface area (TPSA) is 119 Å². The normalized spacial score (nSPS) is 30.3. The van der Waals surface area contributed by atoms with Crippen LogP contribution in [0.3, 0.4) is 0 Å². The molecule has 1 aromatic carbocycles. The molecule has 3 rings (SSSR count). The van der Waals surface area contributed by atoms with Gasteiger partial charge in [-0.3, -0.25) is 0 Å². The zero-order chi connectivity index (χ0) is 20.5. The van der Waals surface area contributed by atoms with Crippen molar-refractivity contribution in [1.82, 2.24) is 4.98 Å². The summed E-state index contributed by atoms with van der Waals surface area (Å²) in [5.41, 5.74) is 7.25. The molecular formula is C19H27BrN2O6. The molecule has 8 nitrogen and oxygen atoms in total. The summed E-state index contributed by atoms with van der Waals surface area (Å²) < 4.78 is 24.3. The first-order valence-electron chi connectivity index (χ1n) is 9.05. The number of methoxy groups -OCH3 is 2. The van der Waals surface area contributed by atoms with Gasteiger partial charge >= 0.3 is 0 Å². The lowest BCUT2D eigenvalue weighted by molar-refractivity contribution is -0.282. The van der Waals surface area contributed by atoms with Crippen LogP contribution in [-0.2, 0) is 14.2 Å². The van der Waals surface area contributed by atoms with Crippen molar-refractivity contribution >= 4 is 26.8 Å². The lowest BCUT2D eigenvalue weighted by Gasteiger charge is -2.47. The van der Waals surface area contributed by atoms with Crippen LogP contribution in [0.25, 0.3) is 10.9 Å². The van der Waals surface area contributed by atoms with Gasteiger partial charge in [-0.15, -0.1) is 0 Å². The summed E-state index contributed by atoms with van der Waals surface area (Å²) >= 11 is 3.48. The van der Waals surface area contributed by atoms with E-state index in [4.69, 9.17) is 24.7 Å². The summed E-state index contributed by atoms with van der Waals surface area (Å²) in [6.45, 7) is 1.32. The maximum atomic E-state index is 10.1. The first-order valence-corrected chi connectivity index (χ1v) is 9.84. The van der Waals surface area contributed by atoms with Gasteiger partial charge < -0.3 is 39.9 Å². The maximum absolute atomic E-state index is 10.1. The molecule has 0 saturated carbocycles. The standard InChI is InChI=1S/C19H27BrN2O6/c1-19(27-15-8-22-12-5-4-10(20)6-11(12)15)7-14(25-2)16(21)18(28-19)17(26-3)13(24)9-23/h4-6,8,13-14,16-18,22-24H,7,9,21H2,1-3H3. The molecule has 1 saturated heterocycles. The largest absolute Gasteiger partial charge is 0.460 e. The van der Waals surface area contributed by atoms with Crippen molar-refractivity contribution in [3.05, 3.63) is 28.9 Å². The van der Waals surface area contributed by atoms with Crippen LogP contribution in [0.4, 0.5) is 0 Å². The Kier molecular flexibility index (Phi) is 6.65. The Morgan fingerprint density at radius 3 is 2.82 bits per heavy atom.